The SMILES string of the molecule is O=C(NCCCCCc1nc2ccccc2n1CCCc1ccccc1)c1ccc(F)cc1. The molecule has 0 unspecified atom stereocenters. The number of nitrogens with zero attached hydrogens (tertiary/aromatic N) is 2. The number of imidazole rings is 1. The second-order valence-electron chi connectivity index (χ2n) is 8.33. The Morgan fingerprint density at radius 1 is 0.818 bits per heavy atom. The third kappa shape index (κ3) is 6.28. The van der Waals surface area contributed by atoms with Gasteiger partial charge in [-0.1, -0.05) is 48.9 Å². The summed E-state index contributed by atoms with van der Waals surface area (Å²) >= 11 is 0. The molecule has 0 radical (unpaired) electrons. The van der Waals surface area contributed by atoms with Gasteiger partial charge in [0.2, 0.25) is 0 Å². The molecule has 33 heavy (non-hydrogen) atoms. The van der Waals surface area contributed by atoms with Gasteiger partial charge in [0.05, 0.1) is 11.0 Å². The summed E-state index contributed by atoms with van der Waals surface area (Å²) in [6, 6.07) is 24.6. The number of unbranched alkanes of at least 4 members (excludes halogenated alkanes) is 2. The van der Waals surface area contributed by atoms with E-state index in [-0.39, 0.29) is 11.7 Å². The molecule has 4 nitrogen and oxygen atoms in total. The Hall–Kier alpha value is -3.47. The summed E-state index contributed by atoms with van der Waals surface area (Å²) in [6.07, 6.45) is 5.99. The van der Waals surface area contributed by atoms with E-state index >= 15 is 0 Å². The number of carbonyl (C=O) groups excluding carboxylic acids is 1. The Balaban J connectivity index is 1.26. The van der Waals surface area contributed by atoms with Crippen LogP contribution in [0.2, 0.25) is 0 Å². The van der Waals surface area contributed by atoms with Crippen LogP contribution < -0.4 is 5.32 Å². The standard InChI is InChI=1S/C28H30FN3O/c29-24-18-16-23(17-19-24)28(33)30-20-8-2-5-15-27-31-25-13-6-7-14-26(25)32(27)21-9-12-22-10-3-1-4-11-22/h1,3-4,6-7,10-11,13-14,16-19H,2,5,8-9,12,15,20-21H2,(H,30,33). The average molecular weight is 444 g/mol. The van der Waals surface area contributed by atoms with Crippen molar-refractivity contribution in [1.82, 2.24) is 14.9 Å². The van der Waals surface area contributed by atoms with E-state index < -0.39 is 0 Å². The lowest BCUT2D eigenvalue weighted by Crippen LogP contribution is -2.24. The summed E-state index contributed by atoms with van der Waals surface area (Å²) < 4.78 is 15.4. The van der Waals surface area contributed by atoms with Gasteiger partial charge in [-0.15, -0.1) is 0 Å². The van der Waals surface area contributed by atoms with E-state index in [0.29, 0.717) is 12.1 Å². The molecule has 4 aromatic rings. The first kappa shape index (κ1) is 22.7. The number of rotatable bonds is 11. The fourth-order valence-electron chi connectivity index (χ4n) is 4.14. The van der Waals surface area contributed by atoms with Gasteiger partial charge in [-0.2, -0.15) is 0 Å². The van der Waals surface area contributed by atoms with Gasteiger partial charge in [-0.25, -0.2) is 9.37 Å². The third-order valence-corrected chi connectivity index (χ3v) is 5.89. The van der Waals surface area contributed by atoms with Gasteiger partial charge in [0.25, 0.3) is 5.91 Å². The number of hydrogen-bond donors (Lipinski definition) is 1. The van der Waals surface area contributed by atoms with Crippen LogP contribution in [0.4, 0.5) is 4.39 Å². The second-order valence-corrected chi connectivity index (χ2v) is 8.33. The minimum atomic E-state index is -0.336. The first-order valence-corrected chi connectivity index (χ1v) is 11.7. The molecule has 1 N–H and O–H groups in total. The van der Waals surface area contributed by atoms with Crippen LogP contribution in [0, 0.1) is 5.82 Å². The predicted molar refractivity (Wildman–Crippen MR) is 131 cm³/mol. The van der Waals surface area contributed by atoms with E-state index in [2.05, 4.69) is 58.4 Å². The fraction of sp³-hybridized carbons (Fsp3) is 0.286. The van der Waals surface area contributed by atoms with Gasteiger partial charge in [-0.05, 0) is 67.6 Å². The summed E-state index contributed by atoms with van der Waals surface area (Å²) in [5, 5.41) is 2.91. The maximum atomic E-state index is 13.0. The number of nitrogens with one attached hydrogen (secondary N) is 1. The zero-order valence-corrected chi connectivity index (χ0v) is 18.8. The average Bonchev–Trinajstić information content (AvgIpc) is 3.19. The van der Waals surface area contributed by atoms with Gasteiger partial charge >= 0.3 is 0 Å². The van der Waals surface area contributed by atoms with E-state index in [9.17, 15) is 9.18 Å². The zero-order chi connectivity index (χ0) is 22.9. The maximum absolute atomic E-state index is 13.0. The zero-order valence-electron chi connectivity index (χ0n) is 18.8. The van der Waals surface area contributed by atoms with E-state index in [0.717, 1.165) is 56.4 Å². The number of para-hydroxylation sites is 2. The first-order valence-electron chi connectivity index (χ1n) is 11.7. The monoisotopic (exact) mass is 443 g/mol. The molecule has 5 heteroatoms. The Morgan fingerprint density at radius 3 is 2.39 bits per heavy atom. The van der Waals surface area contributed by atoms with Gasteiger partial charge in [0.15, 0.2) is 0 Å². The molecule has 0 saturated carbocycles. The highest BCUT2D eigenvalue weighted by Crippen LogP contribution is 2.19. The summed E-state index contributed by atoms with van der Waals surface area (Å²) in [4.78, 5) is 17.0. The minimum Gasteiger partial charge on any atom is -0.352 e. The lowest BCUT2D eigenvalue weighted by Gasteiger charge is -2.10. The number of aryl methyl sites for hydroxylation is 3. The molecule has 0 fully saturated rings. The van der Waals surface area contributed by atoms with E-state index in [1.165, 1.54) is 35.3 Å². The number of aromatic nitrogens is 2. The lowest BCUT2D eigenvalue weighted by molar-refractivity contribution is 0.0953. The molecule has 1 aromatic heterocycles. The van der Waals surface area contributed by atoms with Crippen LogP contribution >= 0.6 is 0 Å². The first-order chi connectivity index (χ1) is 16.2. The molecule has 0 aliphatic rings. The highest BCUT2D eigenvalue weighted by molar-refractivity contribution is 5.94. The molecule has 170 valence electrons. The van der Waals surface area contributed by atoms with Crippen LogP contribution in [0.5, 0.6) is 0 Å². The van der Waals surface area contributed by atoms with Crippen molar-refractivity contribution >= 4 is 16.9 Å². The van der Waals surface area contributed by atoms with Gasteiger partial charge < -0.3 is 9.88 Å². The van der Waals surface area contributed by atoms with Crippen molar-refractivity contribution in [3.8, 4) is 0 Å². The molecular weight excluding hydrogens is 413 g/mol. The highest BCUT2D eigenvalue weighted by atomic mass is 19.1. The highest BCUT2D eigenvalue weighted by Gasteiger charge is 2.10. The number of carbonyl (C=O) groups is 1. The van der Waals surface area contributed by atoms with E-state index in [1.807, 2.05) is 6.07 Å². The molecular formula is C28H30FN3O. The predicted octanol–water partition coefficient (Wildman–Crippen LogP) is 5.95. The van der Waals surface area contributed by atoms with Crippen LogP contribution in [-0.2, 0) is 19.4 Å². The smallest absolute Gasteiger partial charge is 0.251 e. The van der Waals surface area contributed by atoms with Crippen molar-refractivity contribution in [2.75, 3.05) is 6.54 Å². The second kappa shape index (κ2) is 11.4. The number of benzene rings is 3. The number of fused-ring (bicyclic) bond motifs is 1. The number of amides is 1. The van der Waals surface area contributed by atoms with Crippen molar-refractivity contribution in [2.45, 2.75) is 45.1 Å². The maximum Gasteiger partial charge on any atom is 0.251 e. The van der Waals surface area contributed by atoms with Crippen molar-refractivity contribution < 1.29 is 9.18 Å². The number of halogens is 1. The summed E-state index contributed by atoms with van der Waals surface area (Å²) in [7, 11) is 0. The molecule has 0 saturated heterocycles. The Kier molecular flexibility index (Phi) is 7.85. The van der Waals surface area contributed by atoms with Gasteiger partial charge in [0.1, 0.15) is 11.6 Å². The molecule has 1 heterocycles. The summed E-state index contributed by atoms with van der Waals surface area (Å²) in [5.41, 5.74) is 4.11. The molecule has 0 bridgehead atoms. The summed E-state index contributed by atoms with van der Waals surface area (Å²) in [5.74, 6) is 0.646. The van der Waals surface area contributed by atoms with Crippen molar-refractivity contribution in [2.24, 2.45) is 0 Å². The fourth-order valence-corrected chi connectivity index (χ4v) is 4.14. The van der Waals surface area contributed by atoms with Crippen molar-refractivity contribution in [3.63, 3.8) is 0 Å². The van der Waals surface area contributed by atoms with Crippen LogP contribution in [-0.4, -0.2) is 22.0 Å². The van der Waals surface area contributed by atoms with Crippen LogP contribution in [0.25, 0.3) is 11.0 Å². The van der Waals surface area contributed by atoms with Crippen molar-refractivity contribution in [1.29, 1.82) is 0 Å². The topological polar surface area (TPSA) is 46.9 Å². The summed E-state index contributed by atoms with van der Waals surface area (Å²) in [6.45, 7) is 1.57. The third-order valence-electron chi connectivity index (χ3n) is 5.89. The van der Waals surface area contributed by atoms with Crippen LogP contribution in [0.1, 0.15) is 47.4 Å². The van der Waals surface area contributed by atoms with E-state index in [4.69, 9.17) is 4.98 Å². The molecule has 0 aliphatic carbocycles. The van der Waals surface area contributed by atoms with Crippen LogP contribution in [0.15, 0.2) is 78.9 Å². The molecule has 0 spiro atoms. The van der Waals surface area contributed by atoms with Crippen molar-refractivity contribution in [3.05, 3.63) is 102 Å². The minimum absolute atomic E-state index is 0.157. The van der Waals surface area contributed by atoms with Gasteiger partial charge in [0, 0.05) is 25.1 Å². The van der Waals surface area contributed by atoms with E-state index in [1.54, 1.807) is 0 Å². The molecule has 4 rings (SSSR count). The quantitative estimate of drug-likeness (QED) is 0.291. The molecule has 3 aromatic carbocycles. The Bertz CT molecular complexity index is 1170. The Morgan fingerprint density at radius 2 is 1.58 bits per heavy atom. The van der Waals surface area contributed by atoms with Gasteiger partial charge in [-0.3, -0.25) is 4.79 Å². The normalized spacial score (nSPS) is 11.1. The molecule has 0 aliphatic heterocycles. The lowest BCUT2D eigenvalue weighted by atomic mass is 10.1. The van der Waals surface area contributed by atoms with Crippen LogP contribution in [0.3, 0.4) is 0 Å². The largest absolute Gasteiger partial charge is 0.352 e. The molecule has 0 atom stereocenters. The number of hydrogen-bond acceptors (Lipinski definition) is 2. The molecule has 1 amide bonds. The Labute approximate surface area is 194 Å².